The third kappa shape index (κ3) is 10.4. The molecule has 1 aliphatic rings. The summed E-state index contributed by atoms with van der Waals surface area (Å²) in [7, 11) is 2.15. The largest absolute Gasteiger partial charge is 0.374 e. The number of hydrogen-bond donors (Lipinski definition) is 2. The SMILES string of the molecule is CCCCC(CC)CN=C(NCC)NCC1CN(C)CCO1.I. The van der Waals surface area contributed by atoms with Crippen LogP contribution >= 0.6 is 24.0 Å². The number of nitrogens with one attached hydrogen (secondary N) is 2. The van der Waals surface area contributed by atoms with Crippen molar-refractivity contribution >= 4 is 29.9 Å². The maximum absolute atomic E-state index is 5.79. The normalized spacial score (nSPS) is 20.7. The Morgan fingerprint density at radius 2 is 2.09 bits per heavy atom. The van der Waals surface area contributed by atoms with Crippen LogP contribution in [0.1, 0.15) is 46.5 Å². The van der Waals surface area contributed by atoms with Gasteiger partial charge in [-0.1, -0.05) is 33.1 Å². The summed E-state index contributed by atoms with van der Waals surface area (Å²) in [4.78, 5) is 7.08. The van der Waals surface area contributed by atoms with Crippen LogP contribution in [0.25, 0.3) is 0 Å². The molecule has 0 spiro atoms. The minimum Gasteiger partial charge on any atom is -0.374 e. The van der Waals surface area contributed by atoms with Crippen molar-refractivity contribution in [1.29, 1.82) is 0 Å². The number of ether oxygens (including phenoxy) is 1. The van der Waals surface area contributed by atoms with E-state index in [1.54, 1.807) is 0 Å². The average molecular weight is 440 g/mol. The lowest BCUT2D eigenvalue weighted by molar-refractivity contribution is -0.0161. The van der Waals surface area contributed by atoms with E-state index in [-0.39, 0.29) is 30.1 Å². The molecule has 1 aliphatic heterocycles. The number of hydrogen-bond acceptors (Lipinski definition) is 3. The summed E-state index contributed by atoms with van der Waals surface area (Å²) in [5.74, 6) is 1.63. The predicted octanol–water partition coefficient (Wildman–Crippen LogP) is 2.71. The molecular formula is C17H37IN4O. The van der Waals surface area contributed by atoms with Crippen LogP contribution in [0.15, 0.2) is 4.99 Å². The topological polar surface area (TPSA) is 48.9 Å². The van der Waals surface area contributed by atoms with Gasteiger partial charge in [0.2, 0.25) is 0 Å². The Kier molecular flexibility index (Phi) is 14.2. The first-order chi connectivity index (χ1) is 10.7. The lowest BCUT2D eigenvalue weighted by atomic mass is 10.00. The lowest BCUT2D eigenvalue weighted by Gasteiger charge is -2.30. The van der Waals surface area contributed by atoms with E-state index in [1.165, 1.54) is 25.7 Å². The zero-order valence-corrected chi connectivity index (χ0v) is 17.8. The zero-order chi connectivity index (χ0) is 16.2. The van der Waals surface area contributed by atoms with E-state index in [4.69, 9.17) is 9.73 Å². The van der Waals surface area contributed by atoms with Gasteiger partial charge in [-0.05, 0) is 26.3 Å². The molecule has 0 amide bonds. The number of guanidine groups is 1. The maximum Gasteiger partial charge on any atom is 0.191 e. The van der Waals surface area contributed by atoms with E-state index in [9.17, 15) is 0 Å². The highest BCUT2D eigenvalue weighted by atomic mass is 127. The third-order valence-corrected chi connectivity index (χ3v) is 4.23. The number of morpholine rings is 1. The Hall–Kier alpha value is -0.0800. The molecule has 0 aromatic heterocycles. The molecule has 1 fully saturated rings. The molecule has 5 nitrogen and oxygen atoms in total. The van der Waals surface area contributed by atoms with Crippen LogP contribution in [0.2, 0.25) is 0 Å². The van der Waals surface area contributed by atoms with E-state index >= 15 is 0 Å². The Morgan fingerprint density at radius 1 is 1.30 bits per heavy atom. The van der Waals surface area contributed by atoms with E-state index < -0.39 is 0 Å². The number of likely N-dealkylation sites (N-methyl/N-ethyl adjacent to an activating group) is 1. The van der Waals surface area contributed by atoms with Crippen molar-refractivity contribution < 1.29 is 4.74 Å². The molecule has 0 aliphatic carbocycles. The Bertz CT molecular complexity index is 315. The maximum atomic E-state index is 5.79. The molecular weight excluding hydrogens is 403 g/mol. The number of rotatable bonds is 9. The number of nitrogens with zero attached hydrogens (tertiary/aromatic N) is 2. The molecule has 138 valence electrons. The summed E-state index contributed by atoms with van der Waals surface area (Å²) in [6, 6.07) is 0. The molecule has 0 bridgehead atoms. The molecule has 0 aromatic rings. The van der Waals surface area contributed by atoms with Crippen molar-refractivity contribution in [2.45, 2.75) is 52.6 Å². The smallest absolute Gasteiger partial charge is 0.191 e. The van der Waals surface area contributed by atoms with Gasteiger partial charge >= 0.3 is 0 Å². The Morgan fingerprint density at radius 3 is 2.70 bits per heavy atom. The summed E-state index contributed by atoms with van der Waals surface area (Å²) < 4.78 is 5.79. The predicted molar refractivity (Wildman–Crippen MR) is 110 cm³/mol. The van der Waals surface area contributed by atoms with Crippen LogP contribution in [0, 0.1) is 5.92 Å². The highest BCUT2D eigenvalue weighted by Crippen LogP contribution is 2.12. The summed E-state index contributed by atoms with van der Waals surface area (Å²) in [5.41, 5.74) is 0. The quantitative estimate of drug-likeness (QED) is 0.329. The van der Waals surface area contributed by atoms with Crippen molar-refractivity contribution in [2.24, 2.45) is 10.9 Å². The number of unbranched alkanes of at least 4 members (excludes halogenated alkanes) is 1. The monoisotopic (exact) mass is 440 g/mol. The molecule has 0 aromatic carbocycles. The van der Waals surface area contributed by atoms with Gasteiger partial charge in [0.1, 0.15) is 0 Å². The van der Waals surface area contributed by atoms with Crippen molar-refractivity contribution in [1.82, 2.24) is 15.5 Å². The average Bonchev–Trinajstić information content (AvgIpc) is 2.52. The molecule has 1 saturated heterocycles. The van der Waals surface area contributed by atoms with E-state index in [1.807, 2.05) is 0 Å². The minimum absolute atomic E-state index is 0. The van der Waals surface area contributed by atoms with Gasteiger partial charge in [-0.3, -0.25) is 4.99 Å². The minimum atomic E-state index is 0. The van der Waals surface area contributed by atoms with Crippen molar-refractivity contribution in [3.8, 4) is 0 Å². The van der Waals surface area contributed by atoms with Gasteiger partial charge in [0.25, 0.3) is 0 Å². The molecule has 23 heavy (non-hydrogen) atoms. The molecule has 0 radical (unpaired) electrons. The van der Waals surface area contributed by atoms with E-state index in [2.05, 4.69) is 43.4 Å². The summed E-state index contributed by atoms with van der Waals surface area (Å²) in [6.07, 6.45) is 5.32. The fraction of sp³-hybridized carbons (Fsp3) is 0.941. The van der Waals surface area contributed by atoms with Gasteiger partial charge in [-0.2, -0.15) is 0 Å². The molecule has 2 N–H and O–H groups in total. The summed E-state index contributed by atoms with van der Waals surface area (Å²) >= 11 is 0. The second-order valence-electron chi connectivity index (χ2n) is 6.27. The van der Waals surface area contributed by atoms with Crippen LogP contribution in [0.4, 0.5) is 0 Å². The van der Waals surface area contributed by atoms with Gasteiger partial charge in [-0.25, -0.2) is 0 Å². The van der Waals surface area contributed by atoms with Crippen molar-refractivity contribution in [3.63, 3.8) is 0 Å². The first kappa shape index (κ1) is 22.9. The summed E-state index contributed by atoms with van der Waals surface area (Å²) in [5, 5.41) is 6.77. The highest BCUT2D eigenvalue weighted by molar-refractivity contribution is 14.0. The molecule has 1 heterocycles. The van der Waals surface area contributed by atoms with Crippen LogP contribution in [-0.2, 0) is 4.74 Å². The molecule has 0 saturated carbocycles. The highest BCUT2D eigenvalue weighted by Gasteiger charge is 2.17. The number of halogens is 1. The van der Waals surface area contributed by atoms with Crippen LogP contribution in [0.3, 0.4) is 0 Å². The Balaban J connectivity index is 0.00000484. The van der Waals surface area contributed by atoms with Gasteiger partial charge in [0.05, 0.1) is 12.7 Å². The third-order valence-electron chi connectivity index (χ3n) is 4.23. The second-order valence-corrected chi connectivity index (χ2v) is 6.27. The van der Waals surface area contributed by atoms with Gasteiger partial charge in [0.15, 0.2) is 5.96 Å². The summed E-state index contributed by atoms with van der Waals surface area (Å²) in [6.45, 7) is 12.1. The Labute approximate surface area is 160 Å². The fourth-order valence-corrected chi connectivity index (χ4v) is 2.68. The first-order valence-electron chi connectivity index (χ1n) is 9.01. The van der Waals surface area contributed by atoms with Gasteiger partial charge < -0.3 is 20.3 Å². The molecule has 2 atom stereocenters. The van der Waals surface area contributed by atoms with Crippen LogP contribution < -0.4 is 10.6 Å². The first-order valence-corrected chi connectivity index (χ1v) is 9.01. The second kappa shape index (κ2) is 14.3. The van der Waals surface area contributed by atoms with Gasteiger partial charge in [0, 0.05) is 32.7 Å². The molecule has 6 heteroatoms. The number of aliphatic imine (C=N–C) groups is 1. The van der Waals surface area contributed by atoms with Crippen molar-refractivity contribution in [3.05, 3.63) is 0 Å². The van der Waals surface area contributed by atoms with E-state index in [0.29, 0.717) is 5.92 Å². The zero-order valence-electron chi connectivity index (χ0n) is 15.4. The molecule has 1 rings (SSSR count). The van der Waals surface area contributed by atoms with Crippen LogP contribution in [-0.4, -0.2) is 63.3 Å². The van der Waals surface area contributed by atoms with Crippen molar-refractivity contribution in [2.75, 3.05) is 46.4 Å². The van der Waals surface area contributed by atoms with E-state index in [0.717, 1.165) is 45.3 Å². The van der Waals surface area contributed by atoms with Crippen LogP contribution in [0.5, 0.6) is 0 Å². The molecule has 2 unspecified atom stereocenters. The van der Waals surface area contributed by atoms with Gasteiger partial charge in [-0.15, -0.1) is 24.0 Å². The lowest BCUT2D eigenvalue weighted by Crippen LogP contribution is -2.48. The fourth-order valence-electron chi connectivity index (χ4n) is 2.68. The standard InChI is InChI=1S/C17H36N4O.HI/c1-5-8-9-15(6-2)12-19-17(18-7-3)20-13-16-14-21(4)10-11-22-16;/h15-16H,5-14H2,1-4H3,(H2,18,19,20);1H.